The number of rotatable bonds is 8. The molecule has 0 heterocycles. The Labute approximate surface area is 87.3 Å². The van der Waals surface area contributed by atoms with Crippen LogP contribution in [-0.4, -0.2) is 12.6 Å². The Morgan fingerprint density at radius 2 is 1.93 bits per heavy atom. The highest BCUT2D eigenvalue weighted by Crippen LogP contribution is 2.02. The van der Waals surface area contributed by atoms with Gasteiger partial charge in [-0.1, -0.05) is 39.2 Å². The van der Waals surface area contributed by atoms with E-state index in [2.05, 4.69) is 6.92 Å². The Balaban J connectivity index is 3.28. The summed E-state index contributed by atoms with van der Waals surface area (Å²) in [7, 11) is 0. The molecule has 0 bridgehead atoms. The summed E-state index contributed by atoms with van der Waals surface area (Å²) < 4.78 is 4.89. The van der Waals surface area contributed by atoms with Crippen molar-refractivity contribution in [3.05, 3.63) is 12.2 Å². The number of allylic oxidation sites excluding steroid dienone is 1. The summed E-state index contributed by atoms with van der Waals surface area (Å²) in [5.74, 6) is -0.206. The molecule has 0 N–H and O–H groups in total. The lowest BCUT2D eigenvalue weighted by Crippen LogP contribution is -2.00. The zero-order valence-electron chi connectivity index (χ0n) is 9.42. The van der Waals surface area contributed by atoms with Crippen LogP contribution in [0.4, 0.5) is 0 Å². The maximum Gasteiger partial charge on any atom is 0.330 e. The van der Waals surface area contributed by atoms with Crippen LogP contribution in [-0.2, 0) is 9.53 Å². The maximum atomic E-state index is 11.0. The molecular formula is C12H22O2. The number of ether oxygens (including phenoxy) is 1. The Hall–Kier alpha value is -0.790. The quantitative estimate of drug-likeness (QED) is 0.339. The standard InChI is InChI=1S/C12H22O2/c1-3-5-6-7-8-9-10-12(13)14-11-4-2/h9-10H,3-8,11H2,1-2H3. The minimum absolute atomic E-state index is 0.206. The first-order valence-corrected chi connectivity index (χ1v) is 5.64. The highest BCUT2D eigenvalue weighted by atomic mass is 16.5. The summed E-state index contributed by atoms with van der Waals surface area (Å²) in [4.78, 5) is 11.0. The first-order chi connectivity index (χ1) is 6.81. The molecule has 0 aromatic heterocycles. The van der Waals surface area contributed by atoms with E-state index < -0.39 is 0 Å². The van der Waals surface area contributed by atoms with Gasteiger partial charge < -0.3 is 4.74 Å². The third-order valence-corrected chi connectivity index (χ3v) is 1.93. The van der Waals surface area contributed by atoms with E-state index in [-0.39, 0.29) is 5.97 Å². The van der Waals surface area contributed by atoms with Crippen molar-refractivity contribution in [2.45, 2.75) is 52.4 Å². The first kappa shape index (κ1) is 13.2. The van der Waals surface area contributed by atoms with Crippen molar-refractivity contribution in [3.63, 3.8) is 0 Å². The lowest BCUT2D eigenvalue weighted by molar-refractivity contribution is -0.137. The van der Waals surface area contributed by atoms with Crippen molar-refractivity contribution in [1.29, 1.82) is 0 Å². The summed E-state index contributed by atoms with van der Waals surface area (Å²) in [6.07, 6.45) is 10.3. The second-order valence-electron chi connectivity index (χ2n) is 3.42. The van der Waals surface area contributed by atoms with Crippen molar-refractivity contribution in [2.75, 3.05) is 6.61 Å². The molecule has 0 fully saturated rings. The number of esters is 1. The van der Waals surface area contributed by atoms with Crippen LogP contribution in [0.25, 0.3) is 0 Å². The van der Waals surface area contributed by atoms with Crippen molar-refractivity contribution in [1.82, 2.24) is 0 Å². The van der Waals surface area contributed by atoms with Crippen LogP contribution in [0.2, 0.25) is 0 Å². The number of carbonyl (C=O) groups is 1. The normalized spacial score (nSPS) is 10.7. The molecule has 0 aliphatic heterocycles. The average molecular weight is 198 g/mol. The molecule has 0 spiro atoms. The largest absolute Gasteiger partial charge is 0.463 e. The number of hydrogen-bond donors (Lipinski definition) is 0. The summed E-state index contributed by atoms with van der Waals surface area (Å²) in [6.45, 7) is 4.71. The fourth-order valence-electron chi connectivity index (χ4n) is 1.12. The molecule has 2 nitrogen and oxygen atoms in total. The lowest BCUT2D eigenvalue weighted by atomic mass is 10.1. The second kappa shape index (κ2) is 10.3. The van der Waals surface area contributed by atoms with Gasteiger partial charge in [-0.2, -0.15) is 0 Å². The first-order valence-electron chi connectivity index (χ1n) is 5.64. The molecule has 0 saturated carbocycles. The van der Waals surface area contributed by atoms with Crippen molar-refractivity contribution in [2.24, 2.45) is 0 Å². The monoisotopic (exact) mass is 198 g/mol. The highest BCUT2D eigenvalue weighted by Gasteiger charge is 1.93. The fraction of sp³-hybridized carbons (Fsp3) is 0.750. The van der Waals surface area contributed by atoms with E-state index in [4.69, 9.17) is 4.74 Å². The predicted molar refractivity (Wildman–Crippen MR) is 59.1 cm³/mol. The summed E-state index contributed by atoms with van der Waals surface area (Å²) in [6, 6.07) is 0. The molecule has 0 aliphatic carbocycles. The molecule has 0 amide bonds. The van der Waals surface area contributed by atoms with Crippen molar-refractivity contribution >= 4 is 5.97 Å². The number of hydrogen-bond acceptors (Lipinski definition) is 2. The van der Waals surface area contributed by atoms with E-state index in [1.54, 1.807) is 6.08 Å². The van der Waals surface area contributed by atoms with Gasteiger partial charge in [-0.25, -0.2) is 4.79 Å². The van der Waals surface area contributed by atoms with Crippen molar-refractivity contribution < 1.29 is 9.53 Å². The smallest absolute Gasteiger partial charge is 0.330 e. The summed E-state index contributed by atoms with van der Waals surface area (Å²) in [5, 5.41) is 0. The maximum absolute atomic E-state index is 11.0. The van der Waals surface area contributed by atoms with Crippen LogP contribution in [0.1, 0.15) is 52.4 Å². The van der Waals surface area contributed by atoms with E-state index >= 15 is 0 Å². The van der Waals surface area contributed by atoms with Gasteiger partial charge >= 0.3 is 5.97 Å². The Kier molecular flexibility index (Phi) is 9.71. The van der Waals surface area contributed by atoms with Gasteiger partial charge in [-0.15, -0.1) is 0 Å². The molecule has 82 valence electrons. The van der Waals surface area contributed by atoms with Crippen molar-refractivity contribution in [3.8, 4) is 0 Å². The van der Waals surface area contributed by atoms with Gasteiger partial charge in [-0.3, -0.25) is 0 Å². The van der Waals surface area contributed by atoms with Gasteiger partial charge in [0.25, 0.3) is 0 Å². The van der Waals surface area contributed by atoms with Crippen LogP contribution >= 0.6 is 0 Å². The number of unbranched alkanes of at least 4 members (excludes halogenated alkanes) is 4. The van der Waals surface area contributed by atoms with Gasteiger partial charge in [0.2, 0.25) is 0 Å². The fourth-order valence-corrected chi connectivity index (χ4v) is 1.12. The minimum atomic E-state index is -0.206. The predicted octanol–water partition coefficient (Wildman–Crippen LogP) is 3.47. The van der Waals surface area contributed by atoms with E-state index in [1.807, 2.05) is 13.0 Å². The molecule has 0 saturated heterocycles. The van der Waals surface area contributed by atoms with Gasteiger partial charge in [0.1, 0.15) is 0 Å². The summed E-state index contributed by atoms with van der Waals surface area (Å²) in [5.41, 5.74) is 0. The van der Waals surface area contributed by atoms with E-state index in [9.17, 15) is 4.79 Å². The van der Waals surface area contributed by atoms with Gasteiger partial charge in [0.15, 0.2) is 0 Å². The molecule has 0 radical (unpaired) electrons. The van der Waals surface area contributed by atoms with Gasteiger partial charge in [-0.05, 0) is 19.3 Å². The van der Waals surface area contributed by atoms with Crippen LogP contribution in [0.15, 0.2) is 12.2 Å². The Morgan fingerprint density at radius 1 is 1.14 bits per heavy atom. The SMILES string of the molecule is CCCCCCC=CC(=O)OCCC. The summed E-state index contributed by atoms with van der Waals surface area (Å²) >= 11 is 0. The van der Waals surface area contributed by atoms with E-state index in [0.717, 1.165) is 12.8 Å². The Morgan fingerprint density at radius 3 is 2.57 bits per heavy atom. The molecule has 0 rings (SSSR count). The zero-order valence-corrected chi connectivity index (χ0v) is 9.42. The molecular weight excluding hydrogens is 176 g/mol. The van der Waals surface area contributed by atoms with Crippen LogP contribution in [0.5, 0.6) is 0 Å². The Bertz CT molecular complexity index is 162. The highest BCUT2D eigenvalue weighted by molar-refractivity contribution is 5.81. The number of carbonyl (C=O) groups excluding carboxylic acids is 1. The zero-order chi connectivity index (χ0) is 10.6. The van der Waals surface area contributed by atoms with E-state index in [1.165, 1.54) is 25.7 Å². The molecule has 0 aliphatic rings. The second-order valence-corrected chi connectivity index (χ2v) is 3.42. The van der Waals surface area contributed by atoms with Crippen LogP contribution in [0.3, 0.4) is 0 Å². The average Bonchev–Trinajstić information content (AvgIpc) is 2.20. The molecule has 2 heteroatoms. The van der Waals surface area contributed by atoms with E-state index in [0.29, 0.717) is 6.61 Å². The van der Waals surface area contributed by atoms with Crippen LogP contribution in [0, 0.1) is 0 Å². The molecule has 0 aromatic carbocycles. The molecule has 0 unspecified atom stereocenters. The minimum Gasteiger partial charge on any atom is -0.463 e. The lowest BCUT2D eigenvalue weighted by Gasteiger charge is -1.97. The molecule has 14 heavy (non-hydrogen) atoms. The molecule has 0 aromatic rings. The molecule has 0 atom stereocenters. The van der Waals surface area contributed by atoms with Gasteiger partial charge in [0.05, 0.1) is 6.61 Å². The third-order valence-electron chi connectivity index (χ3n) is 1.93. The van der Waals surface area contributed by atoms with Gasteiger partial charge in [0, 0.05) is 6.08 Å². The van der Waals surface area contributed by atoms with Crippen LogP contribution < -0.4 is 0 Å². The topological polar surface area (TPSA) is 26.3 Å². The third kappa shape index (κ3) is 9.30.